The first kappa shape index (κ1) is 20.9. The van der Waals surface area contributed by atoms with Gasteiger partial charge in [-0.1, -0.05) is 49.2 Å². The van der Waals surface area contributed by atoms with Crippen molar-refractivity contribution in [2.45, 2.75) is 53.0 Å². The molecule has 2 rings (SSSR count). The first-order chi connectivity index (χ1) is 12.9. The van der Waals surface area contributed by atoms with E-state index in [0.29, 0.717) is 0 Å². The second-order valence-corrected chi connectivity index (χ2v) is 7.50. The van der Waals surface area contributed by atoms with E-state index in [1.165, 1.54) is 5.56 Å². The van der Waals surface area contributed by atoms with Gasteiger partial charge in [-0.3, -0.25) is 0 Å². The molecular weight excluding hydrogens is 334 g/mol. The van der Waals surface area contributed by atoms with Crippen LogP contribution in [0.2, 0.25) is 0 Å². The summed E-state index contributed by atoms with van der Waals surface area (Å²) in [4.78, 5) is 4.67. The molecule has 1 aromatic carbocycles. The van der Waals surface area contributed by atoms with Crippen LogP contribution in [-0.2, 0) is 5.54 Å². The van der Waals surface area contributed by atoms with Crippen LogP contribution in [0.3, 0.4) is 0 Å². The summed E-state index contributed by atoms with van der Waals surface area (Å²) in [7, 11) is 1.95. The minimum absolute atomic E-state index is 0.251. The highest BCUT2D eigenvalue weighted by Crippen LogP contribution is 2.37. The first-order valence-electron chi connectivity index (χ1n) is 9.65. The summed E-state index contributed by atoms with van der Waals surface area (Å²) in [5, 5.41) is 8.25. The third kappa shape index (κ3) is 4.66. The highest BCUT2D eigenvalue weighted by atomic mass is 15.4. The molecule has 0 fully saturated rings. The van der Waals surface area contributed by atoms with Gasteiger partial charge in [-0.25, -0.2) is 9.67 Å². The molecule has 2 aromatic rings. The van der Waals surface area contributed by atoms with Gasteiger partial charge in [0.1, 0.15) is 5.69 Å². The van der Waals surface area contributed by atoms with Gasteiger partial charge in [0.25, 0.3) is 0 Å². The number of nitrogens with two attached hydrogens (primary N) is 1. The van der Waals surface area contributed by atoms with E-state index in [9.17, 15) is 0 Å². The maximum Gasteiger partial charge on any atom is 0.160 e. The lowest BCUT2D eigenvalue weighted by atomic mass is 10.0. The third-order valence-corrected chi connectivity index (χ3v) is 4.56. The lowest BCUT2D eigenvalue weighted by molar-refractivity contribution is 0.314. The molecule has 5 nitrogen and oxygen atoms in total. The number of aliphatic imine (C=N–C) groups is 1. The zero-order valence-electron chi connectivity index (χ0n) is 17.5. The van der Waals surface area contributed by atoms with Crippen LogP contribution >= 0.6 is 0 Å². The minimum atomic E-state index is -0.251. The Morgan fingerprint density at radius 2 is 1.96 bits per heavy atom. The van der Waals surface area contributed by atoms with Crippen molar-refractivity contribution in [2.24, 2.45) is 10.7 Å². The number of benzene rings is 1. The molecule has 0 unspecified atom stereocenters. The smallest absolute Gasteiger partial charge is 0.160 e. The van der Waals surface area contributed by atoms with E-state index < -0.39 is 0 Å². The fourth-order valence-electron chi connectivity index (χ4n) is 3.16. The summed E-state index contributed by atoms with van der Waals surface area (Å²) in [6.45, 7) is 11.2. The van der Waals surface area contributed by atoms with E-state index in [1.54, 1.807) is 6.21 Å². The summed E-state index contributed by atoms with van der Waals surface area (Å²) in [6, 6.07) is 8.41. The highest BCUT2D eigenvalue weighted by molar-refractivity contribution is 5.85. The van der Waals surface area contributed by atoms with Gasteiger partial charge >= 0.3 is 0 Å². The van der Waals surface area contributed by atoms with Gasteiger partial charge in [0.05, 0.1) is 11.1 Å². The van der Waals surface area contributed by atoms with Crippen molar-refractivity contribution in [2.75, 3.05) is 13.6 Å². The van der Waals surface area contributed by atoms with Crippen LogP contribution in [0.1, 0.15) is 51.7 Å². The highest BCUT2D eigenvalue weighted by Gasteiger charge is 2.29. The van der Waals surface area contributed by atoms with Crippen molar-refractivity contribution in [3.05, 3.63) is 41.5 Å². The summed E-state index contributed by atoms with van der Waals surface area (Å²) >= 11 is 0. The van der Waals surface area contributed by atoms with Crippen LogP contribution in [0.15, 0.2) is 35.3 Å². The monoisotopic (exact) mass is 367 g/mol. The molecule has 0 saturated heterocycles. The van der Waals surface area contributed by atoms with E-state index in [-0.39, 0.29) is 5.54 Å². The molecule has 1 aromatic heterocycles. The zero-order valence-corrected chi connectivity index (χ0v) is 17.5. The number of aromatic nitrogens is 2. The van der Waals surface area contributed by atoms with E-state index in [1.807, 2.05) is 18.7 Å². The van der Waals surface area contributed by atoms with Gasteiger partial charge in [0.15, 0.2) is 5.82 Å². The van der Waals surface area contributed by atoms with Crippen molar-refractivity contribution >= 4 is 17.7 Å². The van der Waals surface area contributed by atoms with Crippen LogP contribution in [0.25, 0.3) is 17.0 Å². The quantitative estimate of drug-likeness (QED) is 0.668. The fraction of sp³-hybridized carbons (Fsp3) is 0.455. The molecule has 1 heterocycles. The van der Waals surface area contributed by atoms with Crippen molar-refractivity contribution in [1.82, 2.24) is 15.1 Å². The molecule has 0 aliphatic rings. The van der Waals surface area contributed by atoms with Crippen molar-refractivity contribution in [3.8, 4) is 11.3 Å². The van der Waals surface area contributed by atoms with Crippen LogP contribution in [0.5, 0.6) is 0 Å². The van der Waals surface area contributed by atoms with Gasteiger partial charge in [-0.05, 0) is 41.2 Å². The Labute approximate surface area is 163 Å². The maximum absolute atomic E-state index is 6.53. The summed E-state index contributed by atoms with van der Waals surface area (Å²) in [5.41, 5.74) is 11.1. The number of nitrogens with one attached hydrogen (secondary N) is 1. The molecule has 0 aliphatic carbocycles. The predicted octanol–water partition coefficient (Wildman–Crippen LogP) is 4.63. The van der Waals surface area contributed by atoms with Gasteiger partial charge < -0.3 is 11.1 Å². The van der Waals surface area contributed by atoms with E-state index >= 15 is 0 Å². The number of allylic oxidation sites excluding steroid dienone is 1. The number of rotatable bonds is 8. The van der Waals surface area contributed by atoms with Crippen molar-refractivity contribution < 1.29 is 0 Å². The molecule has 0 radical (unpaired) electrons. The Kier molecular flexibility index (Phi) is 6.97. The lowest BCUT2D eigenvalue weighted by Crippen LogP contribution is -2.37. The Morgan fingerprint density at radius 3 is 2.52 bits per heavy atom. The first-order valence-corrected chi connectivity index (χ1v) is 9.65. The van der Waals surface area contributed by atoms with Gasteiger partial charge in [-0.2, -0.15) is 5.10 Å². The summed E-state index contributed by atoms with van der Waals surface area (Å²) < 4.78 is 2.00. The fourth-order valence-corrected chi connectivity index (χ4v) is 3.16. The van der Waals surface area contributed by atoms with E-state index in [4.69, 9.17) is 10.8 Å². The number of nitrogens with zero attached hydrogens (tertiary/aromatic N) is 3. The summed E-state index contributed by atoms with van der Waals surface area (Å²) in [6.07, 6.45) is 5.86. The predicted molar refractivity (Wildman–Crippen MR) is 117 cm³/mol. The number of hydrogen-bond donors (Lipinski definition) is 2. The normalized spacial score (nSPS) is 12.9. The van der Waals surface area contributed by atoms with Gasteiger partial charge in [0, 0.05) is 24.0 Å². The topological polar surface area (TPSA) is 68.2 Å². The molecule has 3 N–H and O–H groups in total. The van der Waals surface area contributed by atoms with Gasteiger partial charge in [-0.15, -0.1) is 0 Å². The lowest BCUT2D eigenvalue weighted by Gasteiger charge is -2.26. The van der Waals surface area contributed by atoms with Crippen LogP contribution in [-0.4, -0.2) is 29.6 Å². The summed E-state index contributed by atoms with van der Waals surface area (Å²) in [5.74, 6) is 0.804. The molecule has 0 atom stereocenters. The van der Waals surface area contributed by atoms with Crippen molar-refractivity contribution in [1.29, 1.82) is 0 Å². The Hall–Kier alpha value is -2.40. The number of likely N-dealkylation sites (N-methyl/N-ethyl adjacent to an activating group) is 1. The Morgan fingerprint density at radius 1 is 1.30 bits per heavy atom. The average Bonchev–Trinajstić information content (AvgIpc) is 3.01. The van der Waals surface area contributed by atoms with Crippen LogP contribution < -0.4 is 11.1 Å². The number of unbranched alkanes of at least 4 members (excludes halogenated alkanes) is 1. The molecule has 0 aliphatic heterocycles. The maximum atomic E-state index is 6.53. The Bertz CT molecular complexity index is 810. The number of aryl methyl sites for hydroxylation is 1. The number of hydrogen-bond acceptors (Lipinski definition) is 4. The third-order valence-electron chi connectivity index (χ3n) is 4.56. The molecule has 0 amide bonds. The van der Waals surface area contributed by atoms with Gasteiger partial charge in [0.2, 0.25) is 0 Å². The molecule has 0 bridgehead atoms. The second-order valence-electron chi connectivity index (χ2n) is 7.50. The van der Waals surface area contributed by atoms with Crippen LogP contribution in [0.4, 0.5) is 5.82 Å². The molecular formula is C22H33N5. The molecule has 0 saturated carbocycles. The standard InChI is InChI=1S/C22H33N5/c1-7-9-10-18(23)19-20(17-13-11-16(3)12-14-17)26-27(21(19)25-8-2)22(4,5)15-24-6/h8,10-14,24H,7,9,15,23H2,1-6H3/b18-10-,25-8-. The minimum Gasteiger partial charge on any atom is -0.398 e. The second kappa shape index (κ2) is 9.00. The molecule has 5 heteroatoms. The van der Waals surface area contributed by atoms with Crippen molar-refractivity contribution in [3.63, 3.8) is 0 Å². The van der Waals surface area contributed by atoms with Crippen LogP contribution in [0, 0.1) is 6.92 Å². The average molecular weight is 368 g/mol. The Balaban J connectivity index is 2.79. The molecule has 0 spiro atoms. The van der Waals surface area contributed by atoms with E-state index in [2.05, 4.69) is 68.3 Å². The molecule has 27 heavy (non-hydrogen) atoms. The van der Waals surface area contributed by atoms with E-state index in [0.717, 1.165) is 47.7 Å². The SMILES string of the molecule is C/C=N\c1c(/C(N)=C/CCC)c(-c2ccc(C)cc2)nn1C(C)(C)CNC. The zero-order chi connectivity index (χ0) is 20.0. The largest absolute Gasteiger partial charge is 0.398 e. The molecule has 146 valence electrons.